The number of unbranched alkanes of at least 4 members (excludes halogenated alkanes) is 2. The Morgan fingerprint density at radius 2 is 2.00 bits per heavy atom. The first-order valence-electron chi connectivity index (χ1n) is 5.55. The Hall–Kier alpha value is -1.06. The van der Waals surface area contributed by atoms with Crippen LogP contribution in [0.3, 0.4) is 0 Å². The van der Waals surface area contributed by atoms with Gasteiger partial charge in [-0.1, -0.05) is 19.8 Å². The van der Waals surface area contributed by atoms with Crippen molar-refractivity contribution in [3.8, 4) is 0 Å². The zero-order chi connectivity index (χ0) is 11.4. The second kappa shape index (κ2) is 5.14. The summed E-state index contributed by atoms with van der Waals surface area (Å²) in [5, 5.41) is 8.70. The van der Waals surface area contributed by atoms with Gasteiger partial charge in [0, 0.05) is 13.6 Å². The number of aliphatic carboxylic acids is 1. The number of carbonyl (C=O) groups excluding carboxylic acids is 1. The van der Waals surface area contributed by atoms with E-state index in [0.717, 1.165) is 25.8 Å². The van der Waals surface area contributed by atoms with Gasteiger partial charge < -0.3 is 10.0 Å². The highest BCUT2D eigenvalue weighted by atomic mass is 16.4. The number of nitrogens with zero attached hydrogens (tertiary/aromatic N) is 1. The number of hydrogen-bond donors (Lipinski definition) is 1. The van der Waals surface area contributed by atoms with Crippen molar-refractivity contribution < 1.29 is 14.7 Å². The summed E-state index contributed by atoms with van der Waals surface area (Å²) in [7, 11) is 1.76. The molecule has 0 spiro atoms. The summed E-state index contributed by atoms with van der Waals surface area (Å²) in [4.78, 5) is 23.9. The van der Waals surface area contributed by atoms with Gasteiger partial charge in [-0.05, 0) is 12.8 Å². The minimum absolute atomic E-state index is 0.00139. The standard InChI is InChI=1S/C11H19NO3/c1-3-4-5-6-12(2)10(13)8-7-9(8)11(14)15/h8-9H,3-7H2,1-2H3,(H,14,15). The van der Waals surface area contributed by atoms with E-state index < -0.39 is 11.9 Å². The molecule has 0 aromatic carbocycles. The van der Waals surface area contributed by atoms with E-state index in [9.17, 15) is 9.59 Å². The normalized spacial score (nSPS) is 23.6. The van der Waals surface area contributed by atoms with Gasteiger partial charge in [-0.15, -0.1) is 0 Å². The molecule has 0 aromatic rings. The summed E-state index contributed by atoms with van der Waals surface area (Å²) in [6.07, 6.45) is 3.77. The van der Waals surface area contributed by atoms with Crippen LogP contribution in [0.4, 0.5) is 0 Å². The van der Waals surface area contributed by atoms with Gasteiger partial charge in [0.15, 0.2) is 0 Å². The third-order valence-electron chi connectivity index (χ3n) is 2.90. The van der Waals surface area contributed by atoms with Crippen LogP contribution in [0.5, 0.6) is 0 Å². The molecule has 1 N–H and O–H groups in total. The van der Waals surface area contributed by atoms with E-state index in [4.69, 9.17) is 5.11 Å². The highest BCUT2D eigenvalue weighted by Gasteiger charge is 2.49. The van der Waals surface area contributed by atoms with E-state index in [0.29, 0.717) is 6.42 Å². The molecule has 0 aromatic heterocycles. The molecule has 86 valence electrons. The lowest BCUT2D eigenvalue weighted by molar-refractivity contribution is -0.141. The van der Waals surface area contributed by atoms with Crippen molar-refractivity contribution in [3.05, 3.63) is 0 Å². The monoisotopic (exact) mass is 213 g/mol. The zero-order valence-corrected chi connectivity index (χ0v) is 9.40. The number of amides is 1. The van der Waals surface area contributed by atoms with Crippen LogP contribution in [0.2, 0.25) is 0 Å². The molecule has 2 unspecified atom stereocenters. The van der Waals surface area contributed by atoms with Gasteiger partial charge in [-0.3, -0.25) is 9.59 Å². The molecule has 0 aliphatic heterocycles. The van der Waals surface area contributed by atoms with Gasteiger partial charge in [0.2, 0.25) is 5.91 Å². The maximum absolute atomic E-state index is 11.7. The average molecular weight is 213 g/mol. The molecule has 1 amide bonds. The second-order valence-electron chi connectivity index (χ2n) is 4.25. The lowest BCUT2D eigenvalue weighted by Gasteiger charge is -2.16. The lowest BCUT2D eigenvalue weighted by atomic mass is 10.2. The molecule has 0 saturated heterocycles. The van der Waals surface area contributed by atoms with Gasteiger partial charge in [-0.25, -0.2) is 0 Å². The smallest absolute Gasteiger partial charge is 0.307 e. The van der Waals surface area contributed by atoms with Crippen molar-refractivity contribution in [3.63, 3.8) is 0 Å². The molecule has 4 heteroatoms. The Labute approximate surface area is 90.3 Å². The van der Waals surface area contributed by atoms with Crippen molar-refractivity contribution in [2.45, 2.75) is 32.6 Å². The second-order valence-corrected chi connectivity index (χ2v) is 4.25. The summed E-state index contributed by atoms with van der Waals surface area (Å²) in [5.74, 6) is -1.52. The van der Waals surface area contributed by atoms with E-state index >= 15 is 0 Å². The quantitative estimate of drug-likeness (QED) is 0.678. The third kappa shape index (κ3) is 3.22. The van der Waals surface area contributed by atoms with Crippen LogP contribution < -0.4 is 0 Å². The zero-order valence-electron chi connectivity index (χ0n) is 9.40. The molecule has 1 aliphatic carbocycles. The van der Waals surface area contributed by atoms with Gasteiger partial charge in [0.05, 0.1) is 11.8 Å². The predicted octanol–water partition coefficient (Wildman–Crippen LogP) is 1.36. The third-order valence-corrected chi connectivity index (χ3v) is 2.90. The van der Waals surface area contributed by atoms with Crippen molar-refractivity contribution >= 4 is 11.9 Å². The highest BCUT2D eigenvalue weighted by molar-refractivity contribution is 5.89. The fourth-order valence-corrected chi connectivity index (χ4v) is 1.73. The summed E-state index contributed by atoms with van der Waals surface area (Å²) < 4.78 is 0. The first-order valence-corrected chi connectivity index (χ1v) is 5.55. The number of carbonyl (C=O) groups is 2. The van der Waals surface area contributed by atoms with E-state index in [-0.39, 0.29) is 11.8 Å². The Bertz CT molecular complexity index is 252. The van der Waals surface area contributed by atoms with E-state index in [2.05, 4.69) is 6.92 Å². The molecule has 0 heterocycles. The number of carboxylic acids is 1. The van der Waals surface area contributed by atoms with E-state index in [1.807, 2.05) is 0 Å². The molecule has 2 atom stereocenters. The summed E-state index contributed by atoms with van der Waals surface area (Å²) in [5.41, 5.74) is 0. The Balaban J connectivity index is 2.26. The van der Waals surface area contributed by atoms with Crippen molar-refractivity contribution in [2.24, 2.45) is 11.8 Å². The molecular weight excluding hydrogens is 194 g/mol. The average Bonchev–Trinajstić information content (AvgIpc) is 2.96. The lowest BCUT2D eigenvalue weighted by Crippen LogP contribution is -2.30. The van der Waals surface area contributed by atoms with Crippen LogP contribution in [0.15, 0.2) is 0 Å². The topological polar surface area (TPSA) is 57.6 Å². The number of rotatable bonds is 6. The molecule has 4 nitrogen and oxygen atoms in total. The Morgan fingerprint density at radius 3 is 2.47 bits per heavy atom. The maximum Gasteiger partial charge on any atom is 0.307 e. The fourth-order valence-electron chi connectivity index (χ4n) is 1.73. The van der Waals surface area contributed by atoms with Gasteiger partial charge in [0.1, 0.15) is 0 Å². The predicted molar refractivity (Wildman–Crippen MR) is 56.4 cm³/mol. The van der Waals surface area contributed by atoms with Crippen LogP contribution in [0.1, 0.15) is 32.6 Å². The first-order chi connectivity index (χ1) is 7.07. The number of carboxylic acid groups (broad SMARTS) is 1. The summed E-state index contributed by atoms with van der Waals surface area (Å²) >= 11 is 0. The molecule has 1 saturated carbocycles. The Morgan fingerprint density at radius 1 is 1.33 bits per heavy atom. The maximum atomic E-state index is 11.7. The van der Waals surface area contributed by atoms with Crippen LogP contribution in [-0.4, -0.2) is 35.5 Å². The Kier molecular flexibility index (Phi) is 4.12. The molecule has 1 rings (SSSR count). The molecular formula is C11H19NO3. The largest absolute Gasteiger partial charge is 0.481 e. The summed E-state index contributed by atoms with van der Waals surface area (Å²) in [6, 6.07) is 0. The minimum Gasteiger partial charge on any atom is -0.481 e. The molecule has 15 heavy (non-hydrogen) atoms. The van der Waals surface area contributed by atoms with Gasteiger partial charge >= 0.3 is 5.97 Å². The van der Waals surface area contributed by atoms with Crippen molar-refractivity contribution in [2.75, 3.05) is 13.6 Å². The minimum atomic E-state index is -0.838. The van der Waals surface area contributed by atoms with Crippen LogP contribution >= 0.6 is 0 Å². The van der Waals surface area contributed by atoms with E-state index in [1.165, 1.54) is 0 Å². The molecule has 1 aliphatic rings. The molecule has 0 radical (unpaired) electrons. The van der Waals surface area contributed by atoms with Crippen molar-refractivity contribution in [1.29, 1.82) is 0 Å². The van der Waals surface area contributed by atoms with Crippen LogP contribution in [0, 0.1) is 11.8 Å². The highest BCUT2D eigenvalue weighted by Crippen LogP contribution is 2.39. The number of hydrogen-bond acceptors (Lipinski definition) is 2. The molecule has 1 fully saturated rings. The van der Waals surface area contributed by atoms with Gasteiger partial charge in [0.25, 0.3) is 0 Å². The van der Waals surface area contributed by atoms with Crippen LogP contribution in [0.25, 0.3) is 0 Å². The first kappa shape index (κ1) is 12.0. The van der Waals surface area contributed by atoms with Crippen LogP contribution in [-0.2, 0) is 9.59 Å². The van der Waals surface area contributed by atoms with E-state index in [1.54, 1.807) is 11.9 Å². The van der Waals surface area contributed by atoms with Gasteiger partial charge in [-0.2, -0.15) is 0 Å². The fraction of sp³-hybridized carbons (Fsp3) is 0.818. The molecule has 0 bridgehead atoms. The summed E-state index contributed by atoms with van der Waals surface area (Å²) in [6.45, 7) is 2.86. The SMILES string of the molecule is CCCCCN(C)C(=O)C1CC1C(=O)O. The van der Waals surface area contributed by atoms with Crippen molar-refractivity contribution in [1.82, 2.24) is 4.90 Å².